The molecule has 0 aliphatic carbocycles. The van der Waals surface area contributed by atoms with Crippen LogP contribution >= 0.6 is 0 Å². The summed E-state index contributed by atoms with van der Waals surface area (Å²) in [5.74, 6) is 0. The minimum atomic E-state index is 0.0410. The zero-order valence-electron chi connectivity index (χ0n) is 10.6. The quantitative estimate of drug-likeness (QED) is 0.897. The fraction of sp³-hybridized carbons (Fsp3) is 0.429. The molecule has 18 heavy (non-hydrogen) atoms. The number of benzene rings is 1. The Morgan fingerprint density at radius 3 is 2.83 bits per heavy atom. The Balaban J connectivity index is 2.06. The fourth-order valence-electron chi connectivity index (χ4n) is 2.83. The van der Waals surface area contributed by atoms with E-state index in [1.165, 1.54) is 12.1 Å². The molecule has 1 atom stereocenters. The Morgan fingerprint density at radius 1 is 1.33 bits per heavy atom. The van der Waals surface area contributed by atoms with Gasteiger partial charge in [0.15, 0.2) is 0 Å². The molecule has 1 aromatic carbocycles. The van der Waals surface area contributed by atoms with Gasteiger partial charge in [0, 0.05) is 0 Å². The molecule has 1 aliphatic rings. The molecule has 94 valence electrons. The van der Waals surface area contributed by atoms with Gasteiger partial charge in [0.1, 0.15) is 0 Å². The number of hydrogen-bond donors (Lipinski definition) is 1. The highest BCUT2D eigenvalue weighted by molar-refractivity contribution is 5.33. The van der Waals surface area contributed by atoms with Gasteiger partial charge in [0.25, 0.3) is 0 Å². The van der Waals surface area contributed by atoms with Crippen molar-refractivity contribution in [1.82, 2.24) is 20.3 Å². The Labute approximate surface area is 107 Å². The van der Waals surface area contributed by atoms with Gasteiger partial charge in [-0.25, -0.2) is 4.68 Å². The Morgan fingerprint density at radius 2 is 2.17 bits per heavy atom. The number of nitrogens with zero attached hydrogens (tertiary/aromatic N) is 3. The lowest BCUT2D eigenvalue weighted by Gasteiger charge is -2.28. The maximum atomic E-state index is 4.25. The first-order valence-corrected chi connectivity index (χ1v) is 6.57. The highest BCUT2D eigenvalue weighted by Gasteiger charge is 2.36. The zero-order chi connectivity index (χ0) is 12.4. The highest BCUT2D eigenvalue weighted by Crippen LogP contribution is 2.34. The van der Waals surface area contributed by atoms with Gasteiger partial charge in [-0.1, -0.05) is 30.3 Å². The van der Waals surface area contributed by atoms with Gasteiger partial charge in [0.05, 0.1) is 23.1 Å². The van der Waals surface area contributed by atoms with Gasteiger partial charge in [-0.15, -0.1) is 5.10 Å². The Bertz CT molecular complexity index is 512. The topological polar surface area (TPSA) is 42.7 Å². The van der Waals surface area contributed by atoms with E-state index in [9.17, 15) is 0 Å². The molecule has 1 unspecified atom stereocenters. The van der Waals surface area contributed by atoms with Gasteiger partial charge in [0.2, 0.25) is 0 Å². The summed E-state index contributed by atoms with van der Waals surface area (Å²) in [7, 11) is 0. The van der Waals surface area contributed by atoms with Crippen LogP contribution in [0.4, 0.5) is 0 Å². The number of aromatic nitrogens is 3. The van der Waals surface area contributed by atoms with Crippen LogP contribution in [0.1, 0.15) is 31.9 Å². The van der Waals surface area contributed by atoms with Crippen molar-refractivity contribution in [3.63, 3.8) is 0 Å². The van der Waals surface area contributed by atoms with Crippen LogP contribution in [-0.2, 0) is 5.54 Å². The summed E-state index contributed by atoms with van der Waals surface area (Å²) in [6, 6.07) is 10.2. The van der Waals surface area contributed by atoms with E-state index >= 15 is 0 Å². The van der Waals surface area contributed by atoms with E-state index in [4.69, 9.17) is 0 Å². The average Bonchev–Trinajstić information content (AvgIpc) is 3.09. The molecular weight excluding hydrogens is 224 g/mol. The SMILES string of the molecule is CCC1(c2cnnn2-c2ccccc2)CCCN1. The van der Waals surface area contributed by atoms with Crippen LogP contribution in [0.5, 0.6) is 0 Å². The standard InChI is InChI=1S/C14H18N4/c1-2-14(9-6-10-15-14)13-11-16-17-18(13)12-7-4-3-5-8-12/h3-5,7-8,11,15H,2,6,9-10H2,1H3. The van der Waals surface area contributed by atoms with Gasteiger partial charge in [-0.2, -0.15) is 0 Å². The molecule has 0 radical (unpaired) electrons. The lowest BCUT2D eigenvalue weighted by molar-refractivity contribution is 0.356. The molecule has 1 N–H and O–H groups in total. The molecule has 0 amide bonds. The first-order valence-electron chi connectivity index (χ1n) is 6.57. The minimum Gasteiger partial charge on any atom is -0.306 e. The summed E-state index contributed by atoms with van der Waals surface area (Å²) in [4.78, 5) is 0. The average molecular weight is 242 g/mol. The molecule has 1 fully saturated rings. The summed E-state index contributed by atoms with van der Waals surface area (Å²) < 4.78 is 1.96. The smallest absolute Gasteiger partial charge is 0.0846 e. The van der Waals surface area contributed by atoms with Crippen LogP contribution in [-0.4, -0.2) is 21.5 Å². The molecule has 1 aromatic heterocycles. The van der Waals surface area contributed by atoms with Crippen LogP contribution in [0.25, 0.3) is 5.69 Å². The predicted octanol–water partition coefficient (Wildman–Crippen LogP) is 2.26. The van der Waals surface area contributed by atoms with Crippen molar-refractivity contribution < 1.29 is 0 Å². The number of hydrogen-bond acceptors (Lipinski definition) is 3. The van der Waals surface area contributed by atoms with Crippen molar-refractivity contribution in [3.8, 4) is 5.69 Å². The summed E-state index contributed by atoms with van der Waals surface area (Å²) in [5, 5.41) is 12.0. The van der Waals surface area contributed by atoms with E-state index in [2.05, 4.69) is 34.7 Å². The first-order chi connectivity index (χ1) is 8.86. The van der Waals surface area contributed by atoms with Gasteiger partial charge in [-0.3, -0.25) is 0 Å². The van der Waals surface area contributed by atoms with Gasteiger partial charge < -0.3 is 5.32 Å². The fourth-order valence-corrected chi connectivity index (χ4v) is 2.83. The van der Waals surface area contributed by atoms with Crippen LogP contribution in [0.15, 0.2) is 36.5 Å². The normalized spacial score (nSPS) is 23.4. The van der Waals surface area contributed by atoms with Crippen molar-refractivity contribution in [3.05, 3.63) is 42.2 Å². The van der Waals surface area contributed by atoms with Gasteiger partial charge in [-0.05, 0) is 37.9 Å². The summed E-state index contributed by atoms with van der Waals surface area (Å²) in [5.41, 5.74) is 2.29. The molecule has 2 aromatic rings. The molecule has 4 nitrogen and oxygen atoms in total. The van der Waals surface area contributed by atoms with E-state index in [1.54, 1.807) is 0 Å². The van der Waals surface area contributed by atoms with Crippen LogP contribution in [0.3, 0.4) is 0 Å². The first kappa shape index (κ1) is 11.4. The molecule has 2 heterocycles. The van der Waals surface area contributed by atoms with E-state index in [0.29, 0.717) is 0 Å². The number of rotatable bonds is 3. The maximum Gasteiger partial charge on any atom is 0.0846 e. The molecule has 1 aliphatic heterocycles. The molecule has 3 rings (SSSR count). The van der Waals surface area contributed by atoms with Crippen molar-refractivity contribution in [1.29, 1.82) is 0 Å². The predicted molar refractivity (Wildman–Crippen MR) is 70.6 cm³/mol. The molecule has 0 spiro atoms. The van der Waals surface area contributed by atoms with E-state index < -0.39 is 0 Å². The zero-order valence-corrected chi connectivity index (χ0v) is 10.6. The second kappa shape index (κ2) is 4.53. The minimum absolute atomic E-state index is 0.0410. The van der Waals surface area contributed by atoms with Crippen LogP contribution in [0, 0.1) is 0 Å². The second-order valence-corrected chi connectivity index (χ2v) is 4.83. The maximum absolute atomic E-state index is 4.25. The van der Waals surface area contributed by atoms with E-state index in [1.807, 2.05) is 29.1 Å². The molecule has 0 saturated carbocycles. The number of para-hydroxylation sites is 1. The largest absolute Gasteiger partial charge is 0.306 e. The van der Waals surface area contributed by atoms with E-state index in [-0.39, 0.29) is 5.54 Å². The monoisotopic (exact) mass is 242 g/mol. The van der Waals surface area contributed by atoms with Crippen LogP contribution in [0.2, 0.25) is 0 Å². The third kappa shape index (κ3) is 1.73. The molecule has 0 bridgehead atoms. The molecule has 4 heteroatoms. The van der Waals surface area contributed by atoms with Crippen molar-refractivity contribution >= 4 is 0 Å². The lowest BCUT2D eigenvalue weighted by atomic mass is 9.90. The van der Waals surface area contributed by atoms with Crippen molar-refractivity contribution in [2.24, 2.45) is 0 Å². The third-order valence-electron chi connectivity index (χ3n) is 3.89. The lowest BCUT2D eigenvalue weighted by Crippen LogP contribution is -2.38. The molecule has 1 saturated heterocycles. The van der Waals surface area contributed by atoms with Crippen LogP contribution < -0.4 is 5.32 Å². The Hall–Kier alpha value is -1.68. The van der Waals surface area contributed by atoms with Crippen molar-refractivity contribution in [2.75, 3.05) is 6.54 Å². The van der Waals surface area contributed by atoms with Gasteiger partial charge >= 0.3 is 0 Å². The third-order valence-corrected chi connectivity index (χ3v) is 3.89. The second-order valence-electron chi connectivity index (χ2n) is 4.83. The van der Waals surface area contributed by atoms with Crippen molar-refractivity contribution in [2.45, 2.75) is 31.7 Å². The molecular formula is C14H18N4. The summed E-state index contributed by atoms with van der Waals surface area (Å²) in [6.07, 6.45) is 5.33. The summed E-state index contributed by atoms with van der Waals surface area (Å²) in [6.45, 7) is 3.30. The highest BCUT2D eigenvalue weighted by atomic mass is 15.4. The van der Waals surface area contributed by atoms with E-state index in [0.717, 1.165) is 25.1 Å². The Kier molecular flexibility index (Phi) is 2.88. The number of nitrogens with one attached hydrogen (secondary N) is 1. The summed E-state index contributed by atoms with van der Waals surface area (Å²) >= 11 is 0.